The molecule has 0 aliphatic heterocycles. The molecule has 17 heavy (non-hydrogen) atoms. The number of carbonyl (C=O) groups is 1. The maximum atomic E-state index is 11.6. The van der Waals surface area contributed by atoms with E-state index in [1.54, 1.807) is 19.1 Å². The first-order valence-electron chi connectivity index (χ1n) is 5.33. The zero-order valence-electron chi connectivity index (χ0n) is 10.3. The van der Waals surface area contributed by atoms with Gasteiger partial charge in [-0.2, -0.15) is 0 Å². The Morgan fingerprint density at radius 1 is 1.47 bits per heavy atom. The summed E-state index contributed by atoms with van der Waals surface area (Å²) in [5.74, 6) is -0.0169. The second-order valence-electron chi connectivity index (χ2n) is 3.91. The molecule has 4 nitrogen and oxygen atoms in total. The van der Waals surface area contributed by atoms with Gasteiger partial charge in [-0.15, -0.1) is 12.4 Å². The van der Waals surface area contributed by atoms with E-state index in [-0.39, 0.29) is 24.1 Å². The number of rotatable bonds is 3. The highest BCUT2D eigenvalue weighted by Gasteiger charge is 2.13. The second-order valence-corrected chi connectivity index (χ2v) is 3.91. The third kappa shape index (κ3) is 3.61. The summed E-state index contributed by atoms with van der Waals surface area (Å²) < 4.78 is 0. The van der Waals surface area contributed by atoms with Crippen LogP contribution < -0.4 is 11.1 Å². The Morgan fingerprint density at radius 3 is 2.59 bits per heavy atom. The van der Waals surface area contributed by atoms with Crippen molar-refractivity contribution < 1.29 is 9.90 Å². The SMILES string of the molecule is CC[C@H](N)C(=O)Nc1ccc(C)c(O)c1C.Cl. The van der Waals surface area contributed by atoms with Crippen molar-refractivity contribution in [1.82, 2.24) is 0 Å². The number of nitrogens with two attached hydrogens (primary N) is 1. The Morgan fingerprint density at radius 2 is 2.06 bits per heavy atom. The number of benzene rings is 1. The third-order valence-electron chi connectivity index (χ3n) is 2.67. The summed E-state index contributed by atoms with van der Waals surface area (Å²) in [6.07, 6.45) is 0.586. The Balaban J connectivity index is 0.00000256. The molecule has 0 heterocycles. The van der Waals surface area contributed by atoms with Crippen LogP contribution in [0.3, 0.4) is 0 Å². The van der Waals surface area contributed by atoms with E-state index in [2.05, 4.69) is 5.32 Å². The number of halogens is 1. The van der Waals surface area contributed by atoms with Gasteiger partial charge in [-0.3, -0.25) is 4.79 Å². The molecule has 1 aromatic rings. The molecule has 0 aliphatic carbocycles. The first-order valence-corrected chi connectivity index (χ1v) is 5.33. The summed E-state index contributed by atoms with van der Waals surface area (Å²) in [6, 6.07) is 3.02. The van der Waals surface area contributed by atoms with Crippen LogP contribution in [0.25, 0.3) is 0 Å². The molecular weight excluding hydrogens is 240 g/mol. The molecule has 4 N–H and O–H groups in total. The molecule has 1 rings (SSSR count). The van der Waals surface area contributed by atoms with Crippen LogP contribution in [-0.4, -0.2) is 17.1 Å². The van der Waals surface area contributed by atoms with Crippen LogP contribution in [0.4, 0.5) is 5.69 Å². The summed E-state index contributed by atoms with van der Waals surface area (Å²) in [6.45, 7) is 5.42. The molecule has 96 valence electrons. The van der Waals surface area contributed by atoms with Crippen LogP contribution in [0.1, 0.15) is 24.5 Å². The van der Waals surface area contributed by atoms with Crippen LogP contribution in [0.2, 0.25) is 0 Å². The van der Waals surface area contributed by atoms with Crippen LogP contribution >= 0.6 is 12.4 Å². The number of anilines is 1. The van der Waals surface area contributed by atoms with Crippen LogP contribution in [0.15, 0.2) is 12.1 Å². The van der Waals surface area contributed by atoms with Crippen molar-refractivity contribution in [2.24, 2.45) is 5.73 Å². The predicted molar refractivity (Wildman–Crippen MR) is 71.7 cm³/mol. The molecule has 0 aliphatic rings. The molecule has 1 aromatic carbocycles. The van der Waals surface area contributed by atoms with Gasteiger partial charge in [0.1, 0.15) is 5.75 Å². The fourth-order valence-corrected chi connectivity index (χ4v) is 1.38. The van der Waals surface area contributed by atoms with E-state index in [4.69, 9.17) is 5.73 Å². The zero-order valence-corrected chi connectivity index (χ0v) is 11.1. The summed E-state index contributed by atoms with van der Waals surface area (Å²) in [5, 5.41) is 12.4. The van der Waals surface area contributed by atoms with Gasteiger partial charge in [0.2, 0.25) is 5.91 Å². The second kappa shape index (κ2) is 6.47. The van der Waals surface area contributed by atoms with Crippen molar-refractivity contribution in [2.45, 2.75) is 33.2 Å². The lowest BCUT2D eigenvalue weighted by Gasteiger charge is -2.13. The van der Waals surface area contributed by atoms with Gasteiger partial charge in [0, 0.05) is 11.3 Å². The number of amides is 1. The number of hydrogen-bond acceptors (Lipinski definition) is 3. The summed E-state index contributed by atoms with van der Waals surface area (Å²) in [7, 11) is 0. The van der Waals surface area contributed by atoms with Crippen LogP contribution in [-0.2, 0) is 4.79 Å². The lowest BCUT2D eigenvalue weighted by molar-refractivity contribution is -0.117. The van der Waals surface area contributed by atoms with Gasteiger partial charge in [0.15, 0.2) is 0 Å². The van der Waals surface area contributed by atoms with Gasteiger partial charge in [0.05, 0.1) is 6.04 Å². The number of carbonyl (C=O) groups excluding carboxylic acids is 1. The lowest BCUT2D eigenvalue weighted by atomic mass is 10.1. The number of hydrogen-bond donors (Lipinski definition) is 3. The summed E-state index contributed by atoms with van der Waals surface area (Å²) in [4.78, 5) is 11.6. The largest absolute Gasteiger partial charge is 0.507 e. The molecule has 0 aromatic heterocycles. The molecule has 0 fully saturated rings. The fraction of sp³-hybridized carbons (Fsp3) is 0.417. The van der Waals surface area contributed by atoms with E-state index < -0.39 is 6.04 Å². The topological polar surface area (TPSA) is 75.4 Å². The molecule has 0 saturated carbocycles. The molecule has 0 spiro atoms. The predicted octanol–water partition coefficient (Wildman–Crippen LogP) is 2.11. The smallest absolute Gasteiger partial charge is 0.241 e. The first-order chi connectivity index (χ1) is 7.47. The highest BCUT2D eigenvalue weighted by molar-refractivity contribution is 5.95. The van der Waals surface area contributed by atoms with E-state index in [1.807, 2.05) is 13.8 Å². The Kier molecular flexibility index (Phi) is 5.99. The van der Waals surface area contributed by atoms with Crippen LogP contribution in [0.5, 0.6) is 5.75 Å². The normalized spacial score (nSPS) is 11.5. The highest BCUT2D eigenvalue weighted by Crippen LogP contribution is 2.27. The van der Waals surface area contributed by atoms with Gasteiger partial charge in [-0.1, -0.05) is 13.0 Å². The van der Waals surface area contributed by atoms with E-state index in [0.29, 0.717) is 17.7 Å². The molecule has 1 atom stereocenters. The monoisotopic (exact) mass is 258 g/mol. The average Bonchev–Trinajstić information content (AvgIpc) is 2.28. The van der Waals surface area contributed by atoms with E-state index in [9.17, 15) is 9.90 Å². The summed E-state index contributed by atoms with van der Waals surface area (Å²) in [5.41, 5.74) is 7.67. The maximum absolute atomic E-state index is 11.6. The molecule has 0 unspecified atom stereocenters. The minimum atomic E-state index is -0.511. The standard InChI is InChI=1S/C12H18N2O2.ClH/c1-4-9(13)12(16)14-10-6-5-7(2)11(15)8(10)3;/h5-6,9,15H,4,13H2,1-3H3,(H,14,16);1H/t9-;/m0./s1. The lowest BCUT2D eigenvalue weighted by Crippen LogP contribution is -2.35. The highest BCUT2D eigenvalue weighted by atomic mass is 35.5. The Hall–Kier alpha value is -1.26. The van der Waals surface area contributed by atoms with Crippen molar-refractivity contribution in [2.75, 3.05) is 5.32 Å². The molecule has 0 saturated heterocycles. The molecule has 0 radical (unpaired) electrons. The molecule has 5 heteroatoms. The Labute approximate surface area is 108 Å². The molecular formula is C12H19ClN2O2. The van der Waals surface area contributed by atoms with Gasteiger partial charge in [0.25, 0.3) is 0 Å². The van der Waals surface area contributed by atoms with E-state index in [1.165, 1.54) is 0 Å². The van der Waals surface area contributed by atoms with Gasteiger partial charge in [-0.05, 0) is 31.9 Å². The quantitative estimate of drug-likeness (QED) is 0.777. The number of aromatic hydroxyl groups is 1. The van der Waals surface area contributed by atoms with Crippen molar-refractivity contribution in [3.63, 3.8) is 0 Å². The first kappa shape index (κ1) is 15.7. The van der Waals surface area contributed by atoms with Gasteiger partial charge in [-0.25, -0.2) is 0 Å². The van der Waals surface area contributed by atoms with E-state index in [0.717, 1.165) is 5.56 Å². The minimum absolute atomic E-state index is 0. The van der Waals surface area contributed by atoms with Crippen LogP contribution in [0, 0.1) is 13.8 Å². The zero-order chi connectivity index (χ0) is 12.3. The number of phenolic OH excluding ortho intramolecular Hbond substituents is 1. The van der Waals surface area contributed by atoms with E-state index >= 15 is 0 Å². The van der Waals surface area contributed by atoms with Gasteiger partial charge >= 0.3 is 0 Å². The number of aryl methyl sites for hydroxylation is 1. The average molecular weight is 259 g/mol. The molecule has 1 amide bonds. The maximum Gasteiger partial charge on any atom is 0.241 e. The van der Waals surface area contributed by atoms with Crippen molar-refractivity contribution in [3.8, 4) is 5.75 Å². The fourth-order valence-electron chi connectivity index (χ4n) is 1.38. The van der Waals surface area contributed by atoms with Crippen molar-refractivity contribution >= 4 is 24.0 Å². The molecule has 0 bridgehead atoms. The minimum Gasteiger partial charge on any atom is -0.507 e. The number of nitrogens with one attached hydrogen (secondary N) is 1. The third-order valence-corrected chi connectivity index (χ3v) is 2.67. The van der Waals surface area contributed by atoms with Crippen molar-refractivity contribution in [1.29, 1.82) is 0 Å². The van der Waals surface area contributed by atoms with Gasteiger partial charge < -0.3 is 16.2 Å². The van der Waals surface area contributed by atoms with Crippen molar-refractivity contribution in [3.05, 3.63) is 23.3 Å². The Bertz CT molecular complexity index is 408. The summed E-state index contributed by atoms with van der Waals surface area (Å²) >= 11 is 0. The number of phenols is 1.